The van der Waals surface area contributed by atoms with Gasteiger partial charge in [0.25, 0.3) is 5.91 Å². The number of fused-ring (bicyclic) bond motifs is 1. The summed E-state index contributed by atoms with van der Waals surface area (Å²) >= 11 is 0. The number of benzene rings is 2. The Kier molecular flexibility index (Phi) is 5.36. The lowest BCUT2D eigenvalue weighted by molar-refractivity contribution is 0.0610. The van der Waals surface area contributed by atoms with Crippen molar-refractivity contribution in [1.29, 1.82) is 0 Å². The van der Waals surface area contributed by atoms with Crippen LogP contribution in [0.4, 0.5) is 0 Å². The van der Waals surface area contributed by atoms with Gasteiger partial charge in [-0.15, -0.1) is 0 Å². The van der Waals surface area contributed by atoms with Crippen LogP contribution in [0.1, 0.15) is 21.9 Å². The van der Waals surface area contributed by atoms with Crippen molar-refractivity contribution in [2.24, 2.45) is 0 Å². The molecular formula is C24H25N5O3. The van der Waals surface area contributed by atoms with Crippen molar-refractivity contribution in [2.75, 3.05) is 33.3 Å². The zero-order valence-electron chi connectivity index (χ0n) is 18.2. The number of rotatable bonds is 5. The molecule has 0 unspecified atom stereocenters. The molecule has 0 radical (unpaired) electrons. The number of hydrogen-bond donors (Lipinski definition) is 1. The van der Waals surface area contributed by atoms with Gasteiger partial charge in [-0.3, -0.25) is 9.69 Å². The first-order chi connectivity index (χ1) is 15.6. The van der Waals surface area contributed by atoms with Crippen LogP contribution < -0.4 is 4.74 Å². The second kappa shape index (κ2) is 8.47. The second-order valence-corrected chi connectivity index (χ2v) is 8.03. The summed E-state index contributed by atoms with van der Waals surface area (Å²) in [4.78, 5) is 24.9. The molecule has 1 N–H and O–H groups in total. The van der Waals surface area contributed by atoms with Gasteiger partial charge in [0.05, 0.1) is 13.7 Å². The molecule has 0 saturated carbocycles. The van der Waals surface area contributed by atoms with Crippen molar-refractivity contribution >= 4 is 16.8 Å². The zero-order valence-corrected chi connectivity index (χ0v) is 18.2. The Hall–Kier alpha value is -3.65. The predicted octanol–water partition coefficient (Wildman–Crippen LogP) is 3.49. The van der Waals surface area contributed by atoms with E-state index in [0.717, 1.165) is 40.9 Å². The summed E-state index contributed by atoms with van der Waals surface area (Å²) in [6, 6.07) is 15.6. The maximum atomic E-state index is 13.0. The second-order valence-electron chi connectivity index (χ2n) is 8.03. The highest BCUT2D eigenvalue weighted by molar-refractivity contribution is 5.98. The molecule has 8 nitrogen and oxygen atoms in total. The summed E-state index contributed by atoms with van der Waals surface area (Å²) in [5.74, 6) is 1.98. The summed E-state index contributed by atoms with van der Waals surface area (Å²) in [6.45, 7) is 5.41. The highest BCUT2D eigenvalue weighted by atomic mass is 16.5. The maximum Gasteiger partial charge on any atom is 0.270 e. The van der Waals surface area contributed by atoms with Gasteiger partial charge in [-0.25, -0.2) is 0 Å². The number of nitrogens with zero attached hydrogens (tertiary/aromatic N) is 4. The van der Waals surface area contributed by atoms with Gasteiger partial charge in [0, 0.05) is 48.7 Å². The van der Waals surface area contributed by atoms with E-state index in [4.69, 9.17) is 9.26 Å². The molecule has 1 aliphatic rings. The first-order valence-corrected chi connectivity index (χ1v) is 10.7. The average Bonchev–Trinajstić information content (AvgIpc) is 3.46. The van der Waals surface area contributed by atoms with Crippen LogP contribution in [-0.4, -0.2) is 64.1 Å². The van der Waals surface area contributed by atoms with Crippen molar-refractivity contribution in [1.82, 2.24) is 24.9 Å². The lowest BCUT2D eigenvalue weighted by Crippen LogP contribution is -2.48. The maximum absolute atomic E-state index is 13.0. The number of amides is 1. The Labute approximate surface area is 185 Å². The summed E-state index contributed by atoms with van der Waals surface area (Å²) < 4.78 is 10.7. The van der Waals surface area contributed by atoms with Gasteiger partial charge in [0.15, 0.2) is 0 Å². The number of methoxy groups -OCH3 is 1. The molecule has 32 heavy (non-hydrogen) atoms. The quantitative estimate of drug-likeness (QED) is 0.520. The van der Waals surface area contributed by atoms with Crippen molar-refractivity contribution in [3.05, 3.63) is 65.7 Å². The lowest BCUT2D eigenvalue weighted by Gasteiger charge is -2.33. The molecule has 164 valence electrons. The molecule has 1 aliphatic heterocycles. The topological polar surface area (TPSA) is 87.5 Å². The van der Waals surface area contributed by atoms with E-state index in [1.54, 1.807) is 7.11 Å². The Morgan fingerprint density at radius 3 is 2.72 bits per heavy atom. The van der Waals surface area contributed by atoms with Crippen LogP contribution in [0.3, 0.4) is 0 Å². The van der Waals surface area contributed by atoms with E-state index in [9.17, 15) is 4.79 Å². The first-order valence-electron chi connectivity index (χ1n) is 10.7. The molecule has 8 heteroatoms. The van der Waals surface area contributed by atoms with Gasteiger partial charge >= 0.3 is 0 Å². The summed E-state index contributed by atoms with van der Waals surface area (Å²) in [6.07, 6.45) is 0. The summed E-state index contributed by atoms with van der Waals surface area (Å²) in [7, 11) is 1.63. The van der Waals surface area contributed by atoms with Gasteiger partial charge < -0.3 is 19.1 Å². The average molecular weight is 431 g/mol. The van der Waals surface area contributed by atoms with Gasteiger partial charge in [0.2, 0.25) is 11.7 Å². The van der Waals surface area contributed by atoms with E-state index < -0.39 is 0 Å². The van der Waals surface area contributed by atoms with Crippen molar-refractivity contribution < 1.29 is 14.1 Å². The van der Waals surface area contributed by atoms with Crippen LogP contribution >= 0.6 is 0 Å². The third-order valence-corrected chi connectivity index (χ3v) is 5.93. The molecule has 2 aromatic carbocycles. The SMILES string of the molecule is COc1ccc2cc(C(=O)N3CCN(Cc4nc(-c5ccccc5C)no4)CC3)[nH]c2c1. The normalized spacial score (nSPS) is 14.8. The van der Waals surface area contributed by atoms with Crippen LogP contribution in [0.25, 0.3) is 22.3 Å². The number of piperazine rings is 1. The fourth-order valence-corrected chi connectivity index (χ4v) is 4.07. The number of aryl methyl sites for hydroxylation is 1. The molecule has 4 aromatic rings. The largest absolute Gasteiger partial charge is 0.497 e. The highest BCUT2D eigenvalue weighted by Crippen LogP contribution is 2.23. The molecule has 1 fully saturated rings. The fourth-order valence-electron chi connectivity index (χ4n) is 4.07. The van der Waals surface area contributed by atoms with Gasteiger partial charge in [-0.05, 0) is 30.7 Å². The number of aromatic nitrogens is 3. The van der Waals surface area contributed by atoms with E-state index in [2.05, 4.69) is 20.0 Å². The van der Waals surface area contributed by atoms with Crippen LogP contribution in [0.15, 0.2) is 53.1 Å². The first kappa shape index (κ1) is 20.3. The molecule has 0 aliphatic carbocycles. The highest BCUT2D eigenvalue weighted by Gasteiger charge is 2.24. The van der Waals surface area contributed by atoms with Crippen molar-refractivity contribution in [2.45, 2.75) is 13.5 Å². The third kappa shape index (κ3) is 3.97. The molecule has 1 saturated heterocycles. The lowest BCUT2D eigenvalue weighted by atomic mass is 10.1. The van der Waals surface area contributed by atoms with Crippen LogP contribution in [0, 0.1) is 6.92 Å². The number of carbonyl (C=O) groups is 1. The van der Waals surface area contributed by atoms with Crippen LogP contribution in [0.2, 0.25) is 0 Å². The summed E-state index contributed by atoms with van der Waals surface area (Å²) in [5.41, 5.74) is 3.59. The summed E-state index contributed by atoms with van der Waals surface area (Å²) in [5, 5.41) is 5.13. The van der Waals surface area contributed by atoms with Crippen LogP contribution in [-0.2, 0) is 6.54 Å². The van der Waals surface area contributed by atoms with Crippen LogP contribution in [0.5, 0.6) is 5.75 Å². The Balaban J connectivity index is 1.20. The number of hydrogen-bond acceptors (Lipinski definition) is 6. The number of ether oxygens (including phenoxy) is 1. The molecule has 2 aromatic heterocycles. The standard InChI is InChI=1S/C24H25N5O3/c1-16-5-3-4-6-19(16)23-26-22(32-27-23)15-28-9-11-29(12-10-28)24(30)21-13-17-7-8-18(31-2)14-20(17)25-21/h3-8,13-14,25H,9-12,15H2,1-2H3. The van der Waals surface area contributed by atoms with Gasteiger partial charge in [-0.1, -0.05) is 29.4 Å². The molecule has 0 bridgehead atoms. The van der Waals surface area contributed by atoms with Gasteiger partial charge in [-0.2, -0.15) is 4.98 Å². The van der Waals surface area contributed by atoms with E-state index >= 15 is 0 Å². The van der Waals surface area contributed by atoms with Gasteiger partial charge in [0.1, 0.15) is 11.4 Å². The van der Waals surface area contributed by atoms with E-state index in [1.807, 2.05) is 60.4 Å². The molecule has 3 heterocycles. The number of carbonyl (C=O) groups excluding carboxylic acids is 1. The van der Waals surface area contributed by atoms with Crippen molar-refractivity contribution in [3.8, 4) is 17.1 Å². The molecule has 1 amide bonds. The zero-order chi connectivity index (χ0) is 22.1. The Bertz CT molecular complexity index is 1250. The molecule has 0 atom stereocenters. The van der Waals surface area contributed by atoms with Crippen molar-refractivity contribution in [3.63, 3.8) is 0 Å². The Morgan fingerprint density at radius 1 is 1.12 bits per heavy atom. The number of nitrogens with one attached hydrogen (secondary N) is 1. The smallest absolute Gasteiger partial charge is 0.270 e. The predicted molar refractivity (Wildman–Crippen MR) is 121 cm³/mol. The van der Waals surface area contributed by atoms with E-state index in [0.29, 0.717) is 37.0 Å². The Morgan fingerprint density at radius 2 is 1.94 bits per heavy atom. The molecular weight excluding hydrogens is 406 g/mol. The molecule has 5 rings (SSSR count). The molecule has 0 spiro atoms. The number of H-pyrrole nitrogens is 1. The monoisotopic (exact) mass is 431 g/mol. The fraction of sp³-hybridized carbons (Fsp3) is 0.292. The minimum Gasteiger partial charge on any atom is -0.497 e. The van der Waals surface area contributed by atoms with E-state index in [-0.39, 0.29) is 5.91 Å². The minimum absolute atomic E-state index is 0.0134. The third-order valence-electron chi connectivity index (χ3n) is 5.93. The number of aromatic amines is 1. The van der Waals surface area contributed by atoms with E-state index in [1.165, 1.54) is 0 Å². The minimum atomic E-state index is 0.0134.